The largest absolute Gasteiger partial charge is 0.344 e. The van der Waals surface area contributed by atoms with Crippen molar-refractivity contribution in [2.24, 2.45) is 0 Å². The Bertz CT molecular complexity index is 562. The molecule has 0 aliphatic heterocycles. The number of nitrogens with one attached hydrogen (secondary N) is 1. The lowest BCUT2D eigenvalue weighted by Gasteiger charge is -2.04. The lowest BCUT2D eigenvalue weighted by Crippen LogP contribution is -2.23. The van der Waals surface area contributed by atoms with E-state index in [0.717, 1.165) is 11.4 Å². The first-order chi connectivity index (χ1) is 8.54. The van der Waals surface area contributed by atoms with Crippen molar-refractivity contribution in [3.63, 3.8) is 0 Å². The molecule has 6 heteroatoms. The number of rotatable bonds is 3. The van der Waals surface area contributed by atoms with Crippen LogP contribution in [-0.2, 0) is 6.54 Å². The van der Waals surface area contributed by atoms with Crippen LogP contribution in [0.3, 0.4) is 0 Å². The van der Waals surface area contributed by atoms with Crippen molar-refractivity contribution in [2.45, 2.75) is 20.4 Å². The van der Waals surface area contributed by atoms with Gasteiger partial charge in [0.1, 0.15) is 5.82 Å². The number of carbonyl (C=O) groups is 1. The van der Waals surface area contributed by atoms with Crippen LogP contribution in [0.4, 0.5) is 0 Å². The van der Waals surface area contributed by atoms with E-state index in [1.165, 1.54) is 11.3 Å². The van der Waals surface area contributed by atoms with Gasteiger partial charge in [-0.25, -0.2) is 9.97 Å². The maximum atomic E-state index is 11.8. The minimum Gasteiger partial charge on any atom is -0.344 e. The van der Waals surface area contributed by atoms with E-state index in [2.05, 4.69) is 15.3 Å². The molecular weight excluding hydrogens is 270 g/mol. The highest BCUT2D eigenvalue weighted by Crippen LogP contribution is 2.21. The highest BCUT2D eigenvalue weighted by Gasteiger charge is 2.09. The van der Waals surface area contributed by atoms with Gasteiger partial charge < -0.3 is 5.32 Å². The van der Waals surface area contributed by atoms with Crippen LogP contribution in [0.1, 0.15) is 26.9 Å². The number of carbonyl (C=O) groups excluding carboxylic acids is 1. The van der Waals surface area contributed by atoms with Crippen LogP contribution in [-0.4, -0.2) is 15.9 Å². The summed E-state index contributed by atoms with van der Waals surface area (Å²) in [6.45, 7) is 4.12. The first-order valence-corrected chi connectivity index (χ1v) is 6.59. The van der Waals surface area contributed by atoms with E-state index < -0.39 is 0 Å². The van der Waals surface area contributed by atoms with Crippen LogP contribution in [0.5, 0.6) is 0 Å². The molecule has 0 aromatic carbocycles. The van der Waals surface area contributed by atoms with Gasteiger partial charge in [0.2, 0.25) is 0 Å². The van der Waals surface area contributed by atoms with Gasteiger partial charge in [-0.05, 0) is 32.0 Å². The number of aryl methyl sites for hydroxylation is 2. The second-order valence-electron chi connectivity index (χ2n) is 3.85. The van der Waals surface area contributed by atoms with Gasteiger partial charge in [-0.3, -0.25) is 4.79 Å². The third kappa shape index (κ3) is 3.27. The number of hydrogen-bond donors (Lipinski definition) is 1. The van der Waals surface area contributed by atoms with Gasteiger partial charge in [0.15, 0.2) is 0 Å². The maximum absolute atomic E-state index is 11.8. The molecule has 2 heterocycles. The van der Waals surface area contributed by atoms with Gasteiger partial charge in [0, 0.05) is 11.4 Å². The zero-order chi connectivity index (χ0) is 13.1. The molecule has 0 radical (unpaired) electrons. The van der Waals surface area contributed by atoms with Crippen molar-refractivity contribution in [2.75, 3.05) is 0 Å². The van der Waals surface area contributed by atoms with Crippen LogP contribution in [0.2, 0.25) is 4.34 Å². The molecule has 0 spiro atoms. The maximum Gasteiger partial charge on any atom is 0.261 e. The number of nitrogens with zero attached hydrogens (tertiary/aromatic N) is 2. The fraction of sp³-hybridized carbons (Fsp3) is 0.250. The predicted molar refractivity (Wildman–Crippen MR) is 72.0 cm³/mol. The molecule has 2 rings (SSSR count). The molecule has 18 heavy (non-hydrogen) atoms. The molecule has 0 aliphatic carbocycles. The van der Waals surface area contributed by atoms with E-state index in [1.54, 1.807) is 12.1 Å². The monoisotopic (exact) mass is 281 g/mol. The average molecular weight is 282 g/mol. The summed E-state index contributed by atoms with van der Waals surface area (Å²) in [4.78, 5) is 20.9. The number of thiophene rings is 1. The Hall–Kier alpha value is -1.46. The Balaban J connectivity index is 2.01. The molecule has 2 aromatic rings. The third-order valence-corrected chi connectivity index (χ3v) is 3.46. The van der Waals surface area contributed by atoms with Crippen molar-refractivity contribution in [3.05, 3.63) is 44.6 Å². The molecule has 2 aromatic heterocycles. The summed E-state index contributed by atoms with van der Waals surface area (Å²) >= 11 is 7.03. The minimum absolute atomic E-state index is 0.158. The summed E-state index contributed by atoms with van der Waals surface area (Å²) in [6, 6.07) is 5.30. The second-order valence-corrected chi connectivity index (χ2v) is 5.57. The highest BCUT2D eigenvalue weighted by atomic mass is 35.5. The predicted octanol–water partition coefficient (Wildman–Crippen LogP) is 2.74. The Morgan fingerprint density at radius 1 is 1.33 bits per heavy atom. The van der Waals surface area contributed by atoms with E-state index >= 15 is 0 Å². The molecule has 0 atom stereocenters. The Kier molecular flexibility index (Phi) is 3.93. The second kappa shape index (κ2) is 5.46. The Labute approximate surface area is 114 Å². The van der Waals surface area contributed by atoms with Crippen LogP contribution in [0.15, 0.2) is 18.2 Å². The zero-order valence-corrected chi connectivity index (χ0v) is 11.6. The van der Waals surface area contributed by atoms with Gasteiger partial charge in [-0.15, -0.1) is 11.3 Å². The van der Waals surface area contributed by atoms with E-state index in [0.29, 0.717) is 21.6 Å². The molecule has 0 saturated carbocycles. The summed E-state index contributed by atoms with van der Waals surface area (Å²) in [5.74, 6) is 0.457. The fourth-order valence-corrected chi connectivity index (χ4v) is 2.52. The number of halogens is 1. The number of amides is 1. The molecule has 0 aliphatic rings. The van der Waals surface area contributed by atoms with Gasteiger partial charge in [0.05, 0.1) is 15.8 Å². The lowest BCUT2D eigenvalue weighted by atomic mass is 10.3. The summed E-state index contributed by atoms with van der Waals surface area (Å²) in [7, 11) is 0. The lowest BCUT2D eigenvalue weighted by molar-refractivity contribution is 0.0954. The van der Waals surface area contributed by atoms with E-state index in [-0.39, 0.29) is 5.91 Å². The van der Waals surface area contributed by atoms with Crippen molar-refractivity contribution < 1.29 is 4.79 Å². The third-order valence-electron chi connectivity index (χ3n) is 2.23. The van der Waals surface area contributed by atoms with E-state index in [1.807, 2.05) is 19.9 Å². The molecule has 1 N–H and O–H groups in total. The van der Waals surface area contributed by atoms with E-state index in [9.17, 15) is 4.79 Å². The number of hydrogen-bond acceptors (Lipinski definition) is 4. The summed E-state index contributed by atoms with van der Waals surface area (Å²) in [5, 5.41) is 2.77. The molecule has 0 bridgehead atoms. The van der Waals surface area contributed by atoms with Crippen LogP contribution in [0.25, 0.3) is 0 Å². The van der Waals surface area contributed by atoms with Gasteiger partial charge in [-0.1, -0.05) is 11.6 Å². The molecule has 94 valence electrons. The van der Waals surface area contributed by atoms with Gasteiger partial charge >= 0.3 is 0 Å². The van der Waals surface area contributed by atoms with Crippen molar-refractivity contribution in [1.29, 1.82) is 0 Å². The van der Waals surface area contributed by atoms with Crippen molar-refractivity contribution >= 4 is 28.8 Å². The zero-order valence-electron chi connectivity index (χ0n) is 10.0. The molecule has 0 saturated heterocycles. The average Bonchev–Trinajstić information content (AvgIpc) is 2.71. The van der Waals surface area contributed by atoms with E-state index in [4.69, 9.17) is 11.6 Å². The smallest absolute Gasteiger partial charge is 0.261 e. The summed E-state index contributed by atoms with van der Waals surface area (Å²) < 4.78 is 0.600. The Morgan fingerprint density at radius 2 is 2.00 bits per heavy atom. The van der Waals surface area contributed by atoms with Crippen LogP contribution >= 0.6 is 22.9 Å². The first-order valence-electron chi connectivity index (χ1n) is 5.39. The van der Waals surface area contributed by atoms with Gasteiger partial charge in [-0.2, -0.15) is 0 Å². The molecular formula is C12H12ClN3OS. The quantitative estimate of drug-likeness (QED) is 0.941. The summed E-state index contributed by atoms with van der Waals surface area (Å²) in [6.07, 6.45) is 0. The SMILES string of the molecule is Cc1cc(C)nc(CNC(=O)c2ccc(Cl)s2)n1. The standard InChI is InChI=1S/C12H12ClN3OS/c1-7-5-8(2)16-11(15-7)6-14-12(17)9-3-4-10(13)18-9/h3-5H,6H2,1-2H3,(H,14,17). The fourth-order valence-electron chi connectivity index (χ4n) is 1.56. The Morgan fingerprint density at radius 3 is 2.56 bits per heavy atom. The van der Waals surface area contributed by atoms with Crippen molar-refractivity contribution in [3.8, 4) is 0 Å². The molecule has 1 amide bonds. The number of aromatic nitrogens is 2. The van der Waals surface area contributed by atoms with Crippen molar-refractivity contribution in [1.82, 2.24) is 15.3 Å². The molecule has 0 fully saturated rings. The molecule has 0 unspecified atom stereocenters. The first kappa shape index (κ1) is 13.0. The summed E-state index contributed by atoms with van der Waals surface area (Å²) in [5.41, 5.74) is 1.79. The van der Waals surface area contributed by atoms with Crippen LogP contribution in [0, 0.1) is 13.8 Å². The van der Waals surface area contributed by atoms with Crippen LogP contribution < -0.4 is 5.32 Å². The minimum atomic E-state index is -0.158. The highest BCUT2D eigenvalue weighted by molar-refractivity contribution is 7.17. The topological polar surface area (TPSA) is 54.9 Å². The normalized spacial score (nSPS) is 10.4. The molecule has 4 nitrogen and oxygen atoms in total. The van der Waals surface area contributed by atoms with Gasteiger partial charge in [0.25, 0.3) is 5.91 Å².